The van der Waals surface area contributed by atoms with Crippen LogP contribution in [0.5, 0.6) is 0 Å². The highest BCUT2D eigenvalue weighted by atomic mass is 28.4. The molecule has 2 saturated heterocycles. The molecule has 2 saturated carbocycles. The van der Waals surface area contributed by atoms with E-state index in [0.717, 1.165) is 18.1 Å². The molecule has 2 bridgehead atoms. The number of benzene rings is 2. The van der Waals surface area contributed by atoms with Crippen LogP contribution in [0.25, 0.3) is 0 Å². The van der Waals surface area contributed by atoms with Crippen molar-refractivity contribution in [1.82, 2.24) is 5.32 Å². The smallest absolute Gasteiger partial charge is 0.408 e. The number of hydrogen-bond acceptors (Lipinski definition) is 14. The Morgan fingerprint density at radius 2 is 1.37 bits per heavy atom. The van der Waals surface area contributed by atoms with Gasteiger partial charge in [0.2, 0.25) is 0 Å². The first kappa shape index (κ1) is 59.7. The van der Waals surface area contributed by atoms with Crippen LogP contribution < -0.4 is 5.32 Å². The van der Waals surface area contributed by atoms with E-state index in [4.69, 9.17) is 42.0 Å². The summed E-state index contributed by atoms with van der Waals surface area (Å²) >= 11 is 0. The third-order valence-corrected chi connectivity index (χ3v) is 27.9. The van der Waals surface area contributed by atoms with Gasteiger partial charge in [0.25, 0.3) is 0 Å². The van der Waals surface area contributed by atoms with Gasteiger partial charge in [-0.3, -0.25) is 4.79 Å². The lowest BCUT2D eigenvalue weighted by molar-refractivity contribution is -0.361. The molecule has 1 amide bonds. The first-order valence-corrected chi connectivity index (χ1v) is 33.0. The topological polar surface area (TPSA) is 184 Å². The standard InChI is InChI=1S/C59H89NO14Si2/c1-18-75(19-2,20-3)73-42-34-43-58(36-66-43,69-38(8)61)46-49(68-50(62)40-32-28-25-29-33-40)59(65)35-41(37(7)44(54(59,12)13)45-48(56(42,46)16)71-55(14,15)70-45)67-51(63)57(17,74-76(21-4,22-5)23-6)47(39-30-26-24-27-31-39)60-52(64)72-53(9,10)11/h24-33,41-43,45-49,65H,18-23,34-36H2,1-17H3,(H,60,64)/t41-,42-,43+,45+,46-,47?,48+,49-,56+,57?,58-,59+/m0/s1. The number of esters is 3. The highest BCUT2D eigenvalue weighted by Crippen LogP contribution is 2.68. The average Bonchev–Trinajstić information content (AvgIpc) is 3.69. The second-order valence-corrected chi connectivity index (χ2v) is 34.0. The Morgan fingerprint density at radius 3 is 1.88 bits per heavy atom. The molecule has 76 heavy (non-hydrogen) atoms. The van der Waals surface area contributed by atoms with Crippen molar-refractivity contribution < 1.29 is 66.3 Å². The number of hydrogen-bond donors (Lipinski definition) is 2. The second kappa shape index (κ2) is 21.6. The molecule has 3 aliphatic carbocycles. The maximum Gasteiger partial charge on any atom is 0.408 e. The highest BCUT2D eigenvalue weighted by Gasteiger charge is 2.80. The van der Waals surface area contributed by atoms with E-state index in [-0.39, 0.29) is 18.6 Å². The van der Waals surface area contributed by atoms with Crippen molar-refractivity contribution >= 4 is 40.6 Å². The van der Waals surface area contributed by atoms with Crippen molar-refractivity contribution in [3.63, 3.8) is 0 Å². The van der Waals surface area contributed by atoms with Gasteiger partial charge in [0.1, 0.15) is 35.6 Å². The first-order chi connectivity index (χ1) is 35.4. The molecule has 4 fully saturated rings. The van der Waals surface area contributed by atoms with E-state index in [0.29, 0.717) is 41.3 Å². The minimum absolute atomic E-state index is 0.0566. The zero-order chi connectivity index (χ0) is 56.2. The van der Waals surface area contributed by atoms with Crippen LogP contribution in [0, 0.1) is 16.7 Å². The Hall–Kier alpha value is -3.95. The number of fused-ring (bicyclic) bond motifs is 8. The van der Waals surface area contributed by atoms with Crippen LogP contribution in [-0.4, -0.2) is 117 Å². The summed E-state index contributed by atoms with van der Waals surface area (Å²) < 4.78 is 62.4. The number of aliphatic hydroxyl groups is 1. The van der Waals surface area contributed by atoms with Crippen LogP contribution in [0.3, 0.4) is 0 Å². The molecule has 15 nitrogen and oxygen atoms in total. The number of carbonyl (C=O) groups excluding carboxylic acids is 4. The van der Waals surface area contributed by atoms with Gasteiger partial charge in [0, 0.05) is 30.6 Å². The van der Waals surface area contributed by atoms with Crippen LogP contribution in [0.4, 0.5) is 4.79 Å². The third-order valence-electron chi connectivity index (χ3n) is 18.6. The molecule has 2 aromatic carbocycles. The summed E-state index contributed by atoms with van der Waals surface area (Å²) in [6.07, 6.45) is -6.50. The average molecular weight is 1090 g/mol. The molecule has 5 aliphatic rings. The minimum atomic E-state index is -2.76. The Morgan fingerprint density at radius 1 is 0.803 bits per heavy atom. The molecule has 17 heteroatoms. The summed E-state index contributed by atoms with van der Waals surface area (Å²) in [7, 11) is -5.25. The molecule has 2 N–H and O–H groups in total. The maximum absolute atomic E-state index is 16.1. The van der Waals surface area contributed by atoms with E-state index < -0.39 is 128 Å². The molecule has 2 unspecified atom stereocenters. The number of carbonyl (C=O) groups is 4. The minimum Gasteiger partial charge on any atom is -0.456 e. The van der Waals surface area contributed by atoms with Crippen molar-refractivity contribution in [3.8, 4) is 0 Å². The molecule has 2 aliphatic heterocycles. The monoisotopic (exact) mass is 1090 g/mol. The van der Waals surface area contributed by atoms with E-state index >= 15 is 9.59 Å². The van der Waals surface area contributed by atoms with Gasteiger partial charge < -0.3 is 52.4 Å². The van der Waals surface area contributed by atoms with Gasteiger partial charge in [-0.25, -0.2) is 14.4 Å². The molecule has 12 atom stereocenters. The number of nitrogens with one attached hydrogen (secondary N) is 1. The summed E-state index contributed by atoms with van der Waals surface area (Å²) in [4.78, 5) is 58.8. The first-order valence-electron chi connectivity index (χ1n) is 27.9. The molecule has 0 spiro atoms. The SMILES string of the molecule is CC[Si](CC)(CC)O[C@H]1C[C@H]2OC[C@@]2(OC(C)=O)[C@H]2[C@H](OC(=O)c3ccccc3)[C@]3(O)C[C@H](OC(=O)C(C)(O[Si](CC)(CC)CC)C(NC(=O)OC(C)(C)C)c4ccccc4)C(C)=C([C@H]4OC(C)(C)O[C@H]4[C@]12C)C3(C)C. The lowest BCUT2D eigenvalue weighted by Gasteiger charge is -2.69. The van der Waals surface area contributed by atoms with Crippen LogP contribution in [0.2, 0.25) is 36.3 Å². The van der Waals surface area contributed by atoms with Crippen molar-refractivity contribution in [3.05, 3.63) is 82.9 Å². The molecule has 7 rings (SSSR count). The third kappa shape index (κ3) is 10.4. The van der Waals surface area contributed by atoms with Crippen molar-refractivity contribution in [2.24, 2.45) is 16.7 Å². The van der Waals surface area contributed by atoms with Crippen molar-refractivity contribution in [1.29, 1.82) is 0 Å². The summed E-state index contributed by atoms with van der Waals surface area (Å²) in [5.41, 5.74) is -6.81. The summed E-state index contributed by atoms with van der Waals surface area (Å²) in [5, 5.41) is 17.7. The van der Waals surface area contributed by atoms with Gasteiger partial charge >= 0.3 is 24.0 Å². The van der Waals surface area contributed by atoms with Crippen LogP contribution in [0.15, 0.2) is 71.8 Å². The van der Waals surface area contributed by atoms with Gasteiger partial charge in [-0.15, -0.1) is 0 Å². The fourth-order valence-electron chi connectivity index (χ4n) is 13.8. The summed E-state index contributed by atoms with van der Waals surface area (Å²) in [6.45, 7) is 32.4. The predicted molar refractivity (Wildman–Crippen MR) is 293 cm³/mol. The highest BCUT2D eigenvalue weighted by molar-refractivity contribution is 6.74. The lowest BCUT2D eigenvalue weighted by atomic mass is 9.44. The van der Waals surface area contributed by atoms with Crippen LogP contribution in [-0.2, 0) is 51.6 Å². The Kier molecular flexibility index (Phi) is 17.0. The van der Waals surface area contributed by atoms with E-state index in [9.17, 15) is 14.7 Å². The molecule has 0 radical (unpaired) electrons. The summed E-state index contributed by atoms with van der Waals surface area (Å²) in [5.74, 6) is -4.34. The number of alkyl carbamates (subject to hydrolysis) is 1. The maximum atomic E-state index is 16.1. The molecule has 2 heterocycles. The number of ether oxygens (including phenoxy) is 7. The number of amides is 1. The normalized spacial score (nSPS) is 31.8. The predicted octanol–water partition coefficient (Wildman–Crippen LogP) is 11.3. The van der Waals surface area contributed by atoms with Gasteiger partial charge in [-0.05, 0) is 114 Å². The van der Waals surface area contributed by atoms with Crippen LogP contribution >= 0.6 is 0 Å². The zero-order valence-corrected chi connectivity index (χ0v) is 50.5. The number of rotatable bonds is 18. The quantitative estimate of drug-likeness (QED) is 0.0622. The zero-order valence-electron chi connectivity index (χ0n) is 48.5. The van der Waals surface area contributed by atoms with E-state index in [1.165, 1.54) is 6.92 Å². The molecule has 2 aromatic rings. The van der Waals surface area contributed by atoms with Gasteiger partial charge in [0.15, 0.2) is 33.6 Å². The lowest BCUT2D eigenvalue weighted by Crippen LogP contribution is -2.82. The second-order valence-electron chi connectivity index (χ2n) is 24.6. The van der Waals surface area contributed by atoms with E-state index in [2.05, 4.69) is 53.8 Å². The summed E-state index contributed by atoms with van der Waals surface area (Å²) in [6, 6.07) is 21.1. The molecule has 422 valence electrons. The molecule has 0 aromatic heterocycles. The van der Waals surface area contributed by atoms with E-state index in [1.54, 1.807) is 58.0 Å². The molecular formula is C59H89NO14Si2. The van der Waals surface area contributed by atoms with E-state index in [1.807, 2.05) is 65.0 Å². The Balaban J connectivity index is 1.51. The van der Waals surface area contributed by atoms with Crippen LogP contribution in [0.1, 0.15) is 153 Å². The Bertz CT molecular complexity index is 2460. The Labute approximate surface area is 454 Å². The van der Waals surface area contributed by atoms with Crippen molar-refractivity contribution in [2.45, 2.75) is 238 Å². The molecular weight excluding hydrogens is 1000 g/mol. The largest absolute Gasteiger partial charge is 0.456 e. The van der Waals surface area contributed by atoms with Gasteiger partial charge in [-0.2, -0.15) is 0 Å². The fourth-order valence-corrected chi connectivity index (χ4v) is 19.8. The van der Waals surface area contributed by atoms with Gasteiger partial charge in [-0.1, -0.05) is 111 Å². The van der Waals surface area contributed by atoms with Gasteiger partial charge in [0.05, 0.1) is 36.3 Å². The van der Waals surface area contributed by atoms with Crippen molar-refractivity contribution in [2.75, 3.05) is 6.61 Å². The fraction of sp³-hybridized carbons (Fsp3) is 0.695.